The quantitative estimate of drug-likeness (QED) is 0.397. The summed E-state index contributed by atoms with van der Waals surface area (Å²) in [6, 6.07) is 28.0. The molecule has 2 aliphatic heterocycles. The highest BCUT2D eigenvalue weighted by atomic mass is 35.5. The minimum Gasteiger partial charge on any atom is -0.303 e. The minimum atomic E-state index is -3.52. The van der Waals surface area contributed by atoms with Crippen LogP contribution in [0.5, 0.6) is 0 Å². The monoisotopic (exact) mass is 528 g/mol. The van der Waals surface area contributed by atoms with Crippen LogP contribution in [-0.2, 0) is 15.4 Å². The molecule has 1 saturated heterocycles. The summed E-state index contributed by atoms with van der Waals surface area (Å²) in [5.74, 6) is 1.30. The second-order valence-corrected chi connectivity index (χ2v) is 12.6. The molecule has 1 atom stereocenters. The first-order valence-electron chi connectivity index (χ1n) is 12.0. The van der Waals surface area contributed by atoms with Crippen LogP contribution in [0.15, 0.2) is 94.7 Å². The number of nitrogens with zero attached hydrogens (tertiary/aromatic N) is 2. The van der Waals surface area contributed by atoms with E-state index in [1.54, 1.807) is 31.3 Å². The van der Waals surface area contributed by atoms with Crippen LogP contribution in [0.4, 0.5) is 0 Å². The number of likely N-dealkylation sites (N-methyl/N-ethyl adjacent to an activating group) is 1. The van der Waals surface area contributed by atoms with Gasteiger partial charge in [-0.25, -0.2) is 12.7 Å². The molecule has 5 rings (SSSR count). The van der Waals surface area contributed by atoms with Crippen LogP contribution in [0.2, 0.25) is 0 Å². The van der Waals surface area contributed by atoms with Crippen molar-refractivity contribution in [2.24, 2.45) is 0 Å². The normalized spacial score (nSPS) is 18.2. The number of hydrogen-bond donors (Lipinski definition) is 0. The van der Waals surface area contributed by atoms with Gasteiger partial charge in [0.15, 0.2) is 0 Å². The van der Waals surface area contributed by atoms with Gasteiger partial charge in [0.2, 0.25) is 10.0 Å². The molecule has 186 valence electrons. The van der Waals surface area contributed by atoms with E-state index >= 15 is 0 Å². The van der Waals surface area contributed by atoms with Gasteiger partial charge >= 0.3 is 0 Å². The molecule has 35 heavy (non-hydrogen) atoms. The first-order valence-corrected chi connectivity index (χ1v) is 14.4. The standard InChI is InChI=1S/C28H32N2O2S2.ClH/c1-29(34(31,32)25-12-6-3-7-13-25)20-24(23-10-4-2-5-11-23)21-30-18-16-28(17-19-30)22-33-27-15-9-8-14-26(27)28;/h2-15,24H,16-22H2,1H3;1H. The molecule has 3 aromatic rings. The molecule has 0 aromatic heterocycles. The van der Waals surface area contributed by atoms with E-state index in [-0.39, 0.29) is 18.3 Å². The smallest absolute Gasteiger partial charge is 0.242 e. The molecule has 0 bridgehead atoms. The molecular formula is C28H33ClN2O2S2. The summed E-state index contributed by atoms with van der Waals surface area (Å²) >= 11 is 2.00. The van der Waals surface area contributed by atoms with Gasteiger partial charge in [-0.3, -0.25) is 0 Å². The van der Waals surface area contributed by atoms with E-state index in [2.05, 4.69) is 41.3 Å². The van der Waals surface area contributed by atoms with E-state index in [1.807, 2.05) is 36.0 Å². The molecule has 0 amide bonds. The van der Waals surface area contributed by atoms with Gasteiger partial charge in [0, 0.05) is 42.1 Å². The lowest BCUT2D eigenvalue weighted by Crippen LogP contribution is -2.45. The van der Waals surface area contributed by atoms with Crippen molar-refractivity contribution in [3.05, 3.63) is 96.1 Å². The Hall–Kier alpha value is -1.83. The van der Waals surface area contributed by atoms with Crippen LogP contribution < -0.4 is 0 Å². The maximum Gasteiger partial charge on any atom is 0.242 e. The number of rotatable bonds is 7. The van der Waals surface area contributed by atoms with Gasteiger partial charge in [-0.15, -0.1) is 24.2 Å². The Bertz CT molecular complexity index is 1210. The Morgan fingerprint density at radius 2 is 1.51 bits per heavy atom. The van der Waals surface area contributed by atoms with E-state index in [0.717, 1.165) is 32.5 Å². The summed E-state index contributed by atoms with van der Waals surface area (Å²) in [6.07, 6.45) is 2.33. The minimum absolute atomic E-state index is 0. The van der Waals surface area contributed by atoms with E-state index in [1.165, 1.54) is 26.1 Å². The van der Waals surface area contributed by atoms with E-state index in [4.69, 9.17) is 0 Å². The Kier molecular flexibility index (Phi) is 8.29. The third-order valence-electron chi connectivity index (χ3n) is 7.45. The van der Waals surface area contributed by atoms with Crippen molar-refractivity contribution in [1.29, 1.82) is 0 Å². The third-order valence-corrected chi connectivity index (χ3v) is 10.7. The zero-order valence-electron chi connectivity index (χ0n) is 20.0. The first kappa shape index (κ1) is 26.2. The number of piperidine rings is 1. The molecule has 1 fully saturated rings. The molecule has 4 nitrogen and oxygen atoms in total. The molecule has 0 saturated carbocycles. The molecule has 0 radical (unpaired) electrons. The van der Waals surface area contributed by atoms with E-state index < -0.39 is 10.0 Å². The Morgan fingerprint density at radius 3 is 2.20 bits per heavy atom. The van der Waals surface area contributed by atoms with Gasteiger partial charge < -0.3 is 4.90 Å². The molecule has 2 aliphatic rings. The number of thioether (sulfide) groups is 1. The molecule has 1 unspecified atom stereocenters. The second kappa shape index (κ2) is 11.1. The number of sulfonamides is 1. The fourth-order valence-corrected chi connectivity index (χ4v) is 8.12. The highest BCUT2D eigenvalue weighted by molar-refractivity contribution is 7.99. The maximum absolute atomic E-state index is 13.2. The predicted molar refractivity (Wildman–Crippen MR) is 147 cm³/mol. The average molecular weight is 529 g/mol. The highest BCUT2D eigenvalue weighted by Crippen LogP contribution is 2.49. The zero-order chi connectivity index (χ0) is 23.6. The van der Waals surface area contributed by atoms with Gasteiger partial charge in [-0.05, 0) is 55.3 Å². The number of likely N-dealkylation sites (tertiary alicyclic amines) is 1. The van der Waals surface area contributed by atoms with E-state index in [0.29, 0.717) is 16.9 Å². The Balaban J connectivity index is 0.00000289. The number of hydrogen-bond acceptors (Lipinski definition) is 4. The van der Waals surface area contributed by atoms with Gasteiger partial charge in [0.25, 0.3) is 0 Å². The van der Waals surface area contributed by atoms with Gasteiger partial charge in [0.05, 0.1) is 4.90 Å². The summed E-state index contributed by atoms with van der Waals surface area (Å²) in [4.78, 5) is 4.34. The van der Waals surface area contributed by atoms with Crippen molar-refractivity contribution in [3.63, 3.8) is 0 Å². The lowest BCUT2D eigenvalue weighted by Gasteiger charge is -2.41. The topological polar surface area (TPSA) is 40.6 Å². The summed E-state index contributed by atoms with van der Waals surface area (Å²) in [5, 5.41) is 0. The van der Waals surface area contributed by atoms with Crippen molar-refractivity contribution in [2.75, 3.05) is 39.0 Å². The Morgan fingerprint density at radius 1 is 0.914 bits per heavy atom. The number of benzene rings is 3. The van der Waals surface area contributed by atoms with Gasteiger partial charge in [-0.1, -0.05) is 66.7 Å². The zero-order valence-corrected chi connectivity index (χ0v) is 22.5. The summed E-state index contributed by atoms with van der Waals surface area (Å²) < 4.78 is 27.9. The lowest BCUT2D eigenvalue weighted by molar-refractivity contribution is 0.159. The van der Waals surface area contributed by atoms with Crippen molar-refractivity contribution in [3.8, 4) is 0 Å². The van der Waals surface area contributed by atoms with Crippen LogP contribution in [0.1, 0.15) is 29.9 Å². The van der Waals surface area contributed by atoms with E-state index in [9.17, 15) is 8.42 Å². The van der Waals surface area contributed by atoms with Crippen molar-refractivity contribution in [1.82, 2.24) is 9.21 Å². The number of halogens is 1. The molecular weight excluding hydrogens is 496 g/mol. The molecule has 0 aliphatic carbocycles. The van der Waals surface area contributed by atoms with Crippen LogP contribution in [-0.4, -0.2) is 56.6 Å². The molecule has 3 aromatic carbocycles. The van der Waals surface area contributed by atoms with Crippen LogP contribution in [0.25, 0.3) is 0 Å². The van der Waals surface area contributed by atoms with Crippen molar-refractivity contribution in [2.45, 2.75) is 34.0 Å². The third kappa shape index (κ3) is 5.47. The highest BCUT2D eigenvalue weighted by Gasteiger charge is 2.41. The van der Waals surface area contributed by atoms with Crippen molar-refractivity contribution >= 4 is 34.2 Å². The van der Waals surface area contributed by atoms with Crippen LogP contribution in [0.3, 0.4) is 0 Å². The second-order valence-electron chi connectivity index (χ2n) is 9.57. The summed E-state index contributed by atoms with van der Waals surface area (Å²) in [6.45, 7) is 3.42. The van der Waals surface area contributed by atoms with Crippen LogP contribution >= 0.6 is 24.2 Å². The maximum atomic E-state index is 13.2. The van der Waals surface area contributed by atoms with Gasteiger partial charge in [-0.2, -0.15) is 0 Å². The number of fused-ring (bicyclic) bond motifs is 2. The largest absolute Gasteiger partial charge is 0.303 e. The molecule has 7 heteroatoms. The fraction of sp³-hybridized carbons (Fsp3) is 0.357. The van der Waals surface area contributed by atoms with Crippen LogP contribution in [0, 0.1) is 0 Å². The predicted octanol–water partition coefficient (Wildman–Crippen LogP) is 5.65. The summed E-state index contributed by atoms with van der Waals surface area (Å²) in [7, 11) is -1.82. The lowest BCUT2D eigenvalue weighted by atomic mass is 9.74. The fourth-order valence-electron chi connectivity index (χ4n) is 5.39. The molecule has 0 N–H and O–H groups in total. The van der Waals surface area contributed by atoms with Crippen molar-refractivity contribution < 1.29 is 8.42 Å². The summed E-state index contributed by atoms with van der Waals surface area (Å²) in [5.41, 5.74) is 3.03. The van der Waals surface area contributed by atoms with Gasteiger partial charge in [0.1, 0.15) is 0 Å². The SMILES string of the molecule is CN(CC(CN1CCC2(CC1)CSc1ccccc12)c1ccccc1)S(=O)(=O)c1ccccc1.Cl. The molecule has 1 spiro atoms. The first-order chi connectivity index (χ1) is 16.5. The molecule has 2 heterocycles. The average Bonchev–Trinajstić information content (AvgIpc) is 3.24. The Labute approximate surface area is 220 Å².